The number of aliphatic hydroxyl groups is 1. The van der Waals surface area contributed by atoms with E-state index >= 15 is 0 Å². The Bertz CT molecular complexity index is 511. The van der Waals surface area contributed by atoms with E-state index in [0.29, 0.717) is 12.0 Å². The molecular formula is C15H16FNO. The highest BCUT2D eigenvalue weighted by molar-refractivity contribution is 5.21. The van der Waals surface area contributed by atoms with Crippen molar-refractivity contribution < 1.29 is 9.50 Å². The largest absolute Gasteiger partial charge is 0.389 e. The van der Waals surface area contributed by atoms with Gasteiger partial charge in [-0.2, -0.15) is 0 Å². The van der Waals surface area contributed by atoms with E-state index in [2.05, 4.69) is 4.98 Å². The number of rotatable bonds is 4. The van der Waals surface area contributed by atoms with E-state index < -0.39 is 5.60 Å². The molecule has 1 heterocycles. The van der Waals surface area contributed by atoms with Crippen molar-refractivity contribution in [1.29, 1.82) is 0 Å². The fourth-order valence-electron chi connectivity index (χ4n) is 2.06. The predicted octanol–water partition coefficient (Wildman–Crippen LogP) is 2.76. The van der Waals surface area contributed by atoms with Gasteiger partial charge in [0.2, 0.25) is 0 Å². The van der Waals surface area contributed by atoms with Crippen molar-refractivity contribution in [3.63, 3.8) is 0 Å². The first-order valence-electron chi connectivity index (χ1n) is 5.91. The molecule has 3 heteroatoms. The van der Waals surface area contributed by atoms with Crippen LogP contribution in [0.1, 0.15) is 18.1 Å². The summed E-state index contributed by atoms with van der Waals surface area (Å²) in [7, 11) is 0. The molecule has 1 atom stereocenters. The SMILES string of the molecule is CC(O)(Cc1cccnc1)Cc1ccccc1F. The van der Waals surface area contributed by atoms with Crippen LogP contribution in [0.3, 0.4) is 0 Å². The van der Waals surface area contributed by atoms with Crippen LogP contribution in [0.25, 0.3) is 0 Å². The standard InChI is InChI=1S/C15H16FNO/c1-15(18,9-12-5-4-8-17-11-12)10-13-6-2-3-7-14(13)16/h2-8,11,18H,9-10H2,1H3. The smallest absolute Gasteiger partial charge is 0.126 e. The third-order valence-corrected chi connectivity index (χ3v) is 2.84. The van der Waals surface area contributed by atoms with Crippen LogP contribution in [0, 0.1) is 5.82 Å². The van der Waals surface area contributed by atoms with Gasteiger partial charge in [-0.05, 0) is 30.2 Å². The molecule has 0 fully saturated rings. The first-order chi connectivity index (χ1) is 8.57. The minimum absolute atomic E-state index is 0.274. The summed E-state index contributed by atoms with van der Waals surface area (Å²) in [6.45, 7) is 1.71. The summed E-state index contributed by atoms with van der Waals surface area (Å²) in [5.74, 6) is -0.274. The Hall–Kier alpha value is -1.74. The van der Waals surface area contributed by atoms with E-state index in [9.17, 15) is 9.50 Å². The Morgan fingerprint density at radius 2 is 1.94 bits per heavy atom. The summed E-state index contributed by atoms with van der Waals surface area (Å²) in [5.41, 5.74) is 0.496. The van der Waals surface area contributed by atoms with Crippen molar-refractivity contribution in [2.24, 2.45) is 0 Å². The minimum atomic E-state index is -0.981. The number of halogens is 1. The topological polar surface area (TPSA) is 33.1 Å². The molecule has 0 spiro atoms. The van der Waals surface area contributed by atoms with Gasteiger partial charge in [-0.3, -0.25) is 4.98 Å². The molecule has 2 rings (SSSR count). The molecule has 0 aliphatic carbocycles. The molecule has 0 radical (unpaired) electrons. The van der Waals surface area contributed by atoms with Crippen LogP contribution in [0.5, 0.6) is 0 Å². The molecule has 1 N–H and O–H groups in total. The molecule has 0 aliphatic heterocycles. The van der Waals surface area contributed by atoms with Gasteiger partial charge >= 0.3 is 0 Å². The molecule has 1 aromatic heterocycles. The molecule has 2 nitrogen and oxygen atoms in total. The highest BCUT2D eigenvalue weighted by atomic mass is 19.1. The summed E-state index contributed by atoms with van der Waals surface area (Å²) in [6.07, 6.45) is 4.15. The van der Waals surface area contributed by atoms with E-state index in [1.807, 2.05) is 12.1 Å². The van der Waals surface area contributed by atoms with E-state index in [-0.39, 0.29) is 12.2 Å². The molecule has 18 heavy (non-hydrogen) atoms. The Morgan fingerprint density at radius 1 is 1.17 bits per heavy atom. The van der Waals surface area contributed by atoms with Gasteiger partial charge in [0.15, 0.2) is 0 Å². The van der Waals surface area contributed by atoms with Gasteiger partial charge in [0.05, 0.1) is 5.60 Å². The molecule has 0 aliphatic rings. The molecule has 1 aromatic carbocycles. The number of aromatic nitrogens is 1. The van der Waals surface area contributed by atoms with Crippen LogP contribution in [-0.4, -0.2) is 15.7 Å². The average molecular weight is 245 g/mol. The lowest BCUT2D eigenvalue weighted by molar-refractivity contribution is 0.0598. The number of pyridine rings is 1. The van der Waals surface area contributed by atoms with Gasteiger partial charge < -0.3 is 5.11 Å². The van der Waals surface area contributed by atoms with Gasteiger partial charge in [0.25, 0.3) is 0 Å². The molecule has 0 amide bonds. The Morgan fingerprint density at radius 3 is 2.61 bits per heavy atom. The van der Waals surface area contributed by atoms with Gasteiger partial charge in [-0.25, -0.2) is 4.39 Å². The summed E-state index contributed by atoms with van der Waals surface area (Å²) in [4.78, 5) is 4.01. The number of hydrogen-bond donors (Lipinski definition) is 1. The lowest BCUT2D eigenvalue weighted by Crippen LogP contribution is -2.30. The van der Waals surface area contributed by atoms with E-state index in [4.69, 9.17) is 0 Å². The maximum atomic E-state index is 13.5. The summed E-state index contributed by atoms with van der Waals surface area (Å²) in [5, 5.41) is 10.4. The molecular weight excluding hydrogens is 229 g/mol. The van der Waals surface area contributed by atoms with E-state index in [1.165, 1.54) is 6.07 Å². The molecule has 0 saturated carbocycles. The zero-order valence-corrected chi connectivity index (χ0v) is 10.3. The molecule has 0 saturated heterocycles. The lowest BCUT2D eigenvalue weighted by atomic mass is 9.90. The maximum Gasteiger partial charge on any atom is 0.126 e. The van der Waals surface area contributed by atoms with Gasteiger partial charge in [-0.15, -0.1) is 0 Å². The van der Waals surface area contributed by atoms with E-state index in [0.717, 1.165) is 5.56 Å². The molecule has 94 valence electrons. The third-order valence-electron chi connectivity index (χ3n) is 2.84. The Kier molecular flexibility index (Phi) is 3.72. The zero-order chi connectivity index (χ0) is 13.0. The van der Waals surface area contributed by atoms with Crippen LogP contribution in [-0.2, 0) is 12.8 Å². The zero-order valence-electron chi connectivity index (χ0n) is 10.3. The molecule has 1 unspecified atom stereocenters. The summed E-state index contributed by atoms with van der Waals surface area (Å²) < 4.78 is 13.5. The number of hydrogen-bond acceptors (Lipinski definition) is 2. The van der Waals surface area contributed by atoms with Gasteiger partial charge in [-0.1, -0.05) is 24.3 Å². The van der Waals surface area contributed by atoms with E-state index in [1.54, 1.807) is 37.5 Å². The second-order valence-electron chi connectivity index (χ2n) is 4.80. The fourth-order valence-corrected chi connectivity index (χ4v) is 2.06. The first kappa shape index (κ1) is 12.7. The number of benzene rings is 1. The van der Waals surface area contributed by atoms with Crippen molar-refractivity contribution in [2.75, 3.05) is 0 Å². The predicted molar refractivity (Wildman–Crippen MR) is 68.7 cm³/mol. The lowest BCUT2D eigenvalue weighted by Gasteiger charge is -2.23. The second-order valence-corrected chi connectivity index (χ2v) is 4.80. The summed E-state index contributed by atoms with van der Waals surface area (Å²) >= 11 is 0. The van der Waals surface area contributed by atoms with Crippen LogP contribution in [0.4, 0.5) is 4.39 Å². The van der Waals surface area contributed by atoms with Crippen LogP contribution in [0.15, 0.2) is 48.8 Å². The highest BCUT2D eigenvalue weighted by Crippen LogP contribution is 2.20. The normalized spacial score (nSPS) is 14.2. The average Bonchev–Trinajstić information content (AvgIpc) is 2.32. The van der Waals surface area contributed by atoms with Gasteiger partial charge in [0, 0.05) is 25.2 Å². The number of nitrogens with zero attached hydrogens (tertiary/aromatic N) is 1. The Labute approximate surface area is 106 Å². The second kappa shape index (κ2) is 5.27. The van der Waals surface area contributed by atoms with Crippen molar-refractivity contribution in [3.05, 3.63) is 65.7 Å². The van der Waals surface area contributed by atoms with Crippen molar-refractivity contribution in [2.45, 2.75) is 25.4 Å². The highest BCUT2D eigenvalue weighted by Gasteiger charge is 2.23. The van der Waals surface area contributed by atoms with Crippen molar-refractivity contribution in [3.8, 4) is 0 Å². The Balaban J connectivity index is 2.10. The van der Waals surface area contributed by atoms with Gasteiger partial charge in [0.1, 0.15) is 5.82 Å². The first-order valence-corrected chi connectivity index (χ1v) is 5.91. The maximum absolute atomic E-state index is 13.5. The van der Waals surface area contributed by atoms with Crippen molar-refractivity contribution >= 4 is 0 Å². The van der Waals surface area contributed by atoms with Crippen LogP contribution in [0.2, 0.25) is 0 Å². The molecule has 2 aromatic rings. The van der Waals surface area contributed by atoms with Crippen molar-refractivity contribution in [1.82, 2.24) is 4.98 Å². The third kappa shape index (κ3) is 3.37. The van der Waals surface area contributed by atoms with Crippen LogP contribution >= 0.6 is 0 Å². The monoisotopic (exact) mass is 245 g/mol. The van der Waals surface area contributed by atoms with Crippen LogP contribution < -0.4 is 0 Å². The quantitative estimate of drug-likeness (QED) is 0.898. The fraction of sp³-hybridized carbons (Fsp3) is 0.267. The summed E-state index contributed by atoms with van der Waals surface area (Å²) in [6, 6.07) is 10.3. The molecule has 0 bridgehead atoms. The minimum Gasteiger partial charge on any atom is -0.389 e.